The molecule has 20 heavy (non-hydrogen) atoms. The zero-order chi connectivity index (χ0) is 14.4. The fourth-order valence-corrected chi connectivity index (χ4v) is 2.15. The maximum atomic E-state index is 5.47. The van der Waals surface area contributed by atoms with Crippen molar-refractivity contribution < 1.29 is 4.74 Å². The van der Waals surface area contributed by atoms with E-state index in [1.807, 2.05) is 13.8 Å². The lowest BCUT2D eigenvalue weighted by molar-refractivity contribution is 0.0854. The van der Waals surface area contributed by atoms with Gasteiger partial charge in [-0.15, -0.1) is 0 Å². The number of hydrazine groups is 1. The summed E-state index contributed by atoms with van der Waals surface area (Å²) >= 11 is 0. The number of anilines is 3. The van der Waals surface area contributed by atoms with Gasteiger partial charge in [-0.1, -0.05) is 0 Å². The van der Waals surface area contributed by atoms with Crippen molar-refractivity contribution in [1.29, 1.82) is 0 Å². The molecule has 1 fully saturated rings. The van der Waals surface area contributed by atoms with Crippen molar-refractivity contribution in [2.75, 3.05) is 41.9 Å². The van der Waals surface area contributed by atoms with Crippen molar-refractivity contribution in [1.82, 2.24) is 15.0 Å². The van der Waals surface area contributed by atoms with Crippen LogP contribution in [-0.2, 0) is 4.74 Å². The van der Waals surface area contributed by atoms with E-state index in [9.17, 15) is 0 Å². The van der Waals surface area contributed by atoms with Crippen LogP contribution in [0.4, 0.5) is 17.8 Å². The lowest BCUT2D eigenvalue weighted by Crippen LogP contribution is -2.25. The summed E-state index contributed by atoms with van der Waals surface area (Å²) in [6.07, 6.45) is 2.43. The van der Waals surface area contributed by atoms with Gasteiger partial charge in [0.05, 0.1) is 6.10 Å². The van der Waals surface area contributed by atoms with Crippen molar-refractivity contribution >= 4 is 17.8 Å². The van der Waals surface area contributed by atoms with Crippen molar-refractivity contribution in [3.8, 4) is 0 Å². The standard InChI is InChI=1S/C12H23N7O/c1-3-20-9(2)8-14-10-15-11(18-13)17-12(16-10)19-6-4-5-7-19/h9H,3-8,13H2,1-2H3,(H2,14,15,16,17,18). The zero-order valence-electron chi connectivity index (χ0n) is 12.1. The van der Waals surface area contributed by atoms with Gasteiger partial charge in [0, 0.05) is 26.2 Å². The summed E-state index contributed by atoms with van der Waals surface area (Å²) in [5.74, 6) is 6.96. The predicted molar refractivity (Wildman–Crippen MR) is 78.7 cm³/mol. The summed E-state index contributed by atoms with van der Waals surface area (Å²) in [6.45, 7) is 7.25. The van der Waals surface area contributed by atoms with Gasteiger partial charge in [-0.25, -0.2) is 5.84 Å². The molecule has 8 heteroatoms. The SMILES string of the molecule is CCOC(C)CNc1nc(NN)nc(N2CCCC2)n1. The number of nitrogen functional groups attached to an aromatic ring is 1. The largest absolute Gasteiger partial charge is 0.377 e. The molecule has 0 amide bonds. The molecule has 1 unspecified atom stereocenters. The van der Waals surface area contributed by atoms with Crippen LogP contribution in [0.3, 0.4) is 0 Å². The monoisotopic (exact) mass is 281 g/mol. The third kappa shape index (κ3) is 3.91. The molecule has 0 bridgehead atoms. The second kappa shape index (κ2) is 7.20. The minimum atomic E-state index is 0.0984. The number of rotatable bonds is 7. The molecule has 2 rings (SSSR count). The van der Waals surface area contributed by atoms with Crippen molar-refractivity contribution in [3.05, 3.63) is 0 Å². The summed E-state index contributed by atoms with van der Waals surface area (Å²) in [6, 6.07) is 0. The van der Waals surface area contributed by atoms with Crippen molar-refractivity contribution in [2.45, 2.75) is 32.8 Å². The van der Waals surface area contributed by atoms with Crippen molar-refractivity contribution in [3.63, 3.8) is 0 Å². The molecule has 1 aromatic rings. The van der Waals surface area contributed by atoms with E-state index in [4.69, 9.17) is 10.6 Å². The van der Waals surface area contributed by atoms with Crippen LogP contribution in [0.5, 0.6) is 0 Å². The number of aromatic nitrogens is 3. The molecule has 112 valence electrons. The second-order valence-corrected chi connectivity index (χ2v) is 4.77. The van der Waals surface area contributed by atoms with Crippen LogP contribution in [0.25, 0.3) is 0 Å². The summed E-state index contributed by atoms with van der Waals surface area (Å²) in [7, 11) is 0. The predicted octanol–water partition coefficient (Wildman–Crippen LogP) is 0.594. The number of hydrogen-bond donors (Lipinski definition) is 3. The molecule has 1 saturated heterocycles. The molecular weight excluding hydrogens is 258 g/mol. The second-order valence-electron chi connectivity index (χ2n) is 4.77. The van der Waals surface area contributed by atoms with E-state index in [2.05, 4.69) is 30.6 Å². The van der Waals surface area contributed by atoms with Gasteiger partial charge in [0.25, 0.3) is 0 Å². The van der Waals surface area contributed by atoms with E-state index < -0.39 is 0 Å². The van der Waals surface area contributed by atoms with E-state index in [1.165, 1.54) is 12.8 Å². The van der Waals surface area contributed by atoms with E-state index in [0.717, 1.165) is 13.1 Å². The highest BCUT2D eigenvalue weighted by molar-refractivity contribution is 5.43. The normalized spacial score (nSPS) is 16.2. The minimum Gasteiger partial charge on any atom is -0.377 e. The zero-order valence-corrected chi connectivity index (χ0v) is 12.1. The van der Waals surface area contributed by atoms with Gasteiger partial charge in [-0.05, 0) is 26.7 Å². The van der Waals surface area contributed by atoms with Gasteiger partial charge in [-0.3, -0.25) is 5.43 Å². The lowest BCUT2D eigenvalue weighted by atomic mass is 10.4. The molecule has 0 spiro atoms. The summed E-state index contributed by atoms with van der Waals surface area (Å²) < 4.78 is 5.47. The van der Waals surface area contributed by atoms with Crippen molar-refractivity contribution in [2.24, 2.45) is 5.84 Å². The third-order valence-corrected chi connectivity index (χ3v) is 3.14. The quantitative estimate of drug-likeness (QED) is 0.493. The number of nitrogens with one attached hydrogen (secondary N) is 2. The molecule has 1 aliphatic heterocycles. The van der Waals surface area contributed by atoms with Crippen LogP contribution >= 0.6 is 0 Å². The highest BCUT2D eigenvalue weighted by Gasteiger charge is 2.17. The smallest absolute Gasteiger partial charge is 0.243 e. The van der Waals surface area contributed by atoms with E-state index >= 15 is 0 Å². The van der Waals surface area contributed by atoms with Crippen LogP contribution in [0.15, 0.2) is 0 Å². The first kappa shape index (κ1) is 14.7. The van der Waals surface area contributed by atoms with Gasteiger partial charge < -0.3 is 15.0 Å². The van der Waals surface area contributed by atoms with Gasteiger partial charge in [0.15, 0.2) is 0 Å². The van der Waals surface area contributed by atoms with Gasteiger partial charge in [-0.2, -0.15) is 15.0 Å². The van der Waals surface area contributed by atoms with Crippen LogP contribution < -0.4 is 21.5 Å². The maximum absolute atomic E-state index is 5.47. The molecular formula is C12H23N7O. The van der Waals surface area contributed by atoms with Crippen LogP contribution in [0, 0.1) is 0 Å². The Bertz CT molecular complexity index is 422. The Balaban J connectivity index is 2.05. The molecule has 2 heterocycles. The Morgan fingerprint density at radius 2 is 1.95 bits per heavy atom. The molecule has 1 aromatic heterocycles. The highest BCUT2D eigenvalue weighted by atomic mass is 16.5. The number of nitrogens with two attached hydrogens (primary N) is 1. The Hall–Kier alpha value is -1.67. The van der Waals surface area contributed by atoms with Crippen LogP contribution in [0.2, 0.25) is 0 Å². The third-order valence-electron chi connectivity index (χ3n) is 3.14. The number of ether oxygens (including phenoxy) is 1. The number of nitrogens with zero attached hydrogens (tertiary/aromatic N) is 4. The molecule has 0 saturated carbocycles. The van der Waals surface area contributed by atoms with E-state index in [1.54, 1.807) is 0 Å². The summed E-state index contributed by atoms with van der Waals surface area (Å²) in [4.78, 5) is 15.1. The lowest BCUT2D eigenvalue weighted by Gasteiger charge is -2.17. The van der Waals surface area contributed by atoms with Gasteiger partial charge >= 0.3 is 0 Å². The Labute approximate surface area is 119 Å². The first-order valence-electron chi connectivity index (χ1n) is 7.06. The summed E-state index contributed by atoms with van der Waals surface area (Å²) in [5, 5.41) is 3.16. The fourth-order valence-electron chi connectivity index (χ4n) is 2.15. The average Bonchev–Trinajstić information content (AvgIpc) is 2.99. The molecule has 0 radical (unpaired) electrons. The molecule has 0 aliphatic carbocycles. The molecule has 1 atom stereocenters. The minimum absolute atomic E-state index is 0.0984. The number of hydrogen-bond acceptors (Lipinski definition) is 8. The van der Waals surface area contributed by atoms with Crippen LogP contribution in [0.1, 0.15) is 26.7 Å². The first-order chi connectivity index (χ1) is 9.72. The van der Waals surface area contributed by atoms with Gasteiger partial charge in [0.1, 0.15) is 0 Å². The maximum Gasteiger partial charge on any atom is 0.243 e. The molecule has 1 aliphatic rings. The Morgan fingerprint density at radius 3 is 2.60 bits per heavy atom. The highest BCUT2D eigenvalue weighted by Crippen LogP contribution is 2.18. The first-order valence-corrected chi connectivity index (χ1v) is 7.06. The molecule has 4 N–H and O–H groups in total. The van der Waals surface area contributed by atoms with Crippen LogP contribution in [-0.4, -0.2) is 47.3 Å². The molecule has 8 nitrogen and oxygen atoms in total. The fraction of sp³-hybridized carbons (Fsp3) is 0.750. The topological polar surface area (TPSA) is 101 Å². The molecule has 0 aromatic carbocycles. The van der Waals surface area contributed by atoms with E-state index in [0.29, 0.717) is 31.0 Å². The Morgan fingerprint density at radius 1 is 1.25 bits per heavy atom. The average molecular weight is 281 g/mol. The Kier molecular flexibility index (Phi) is 5.31. The van der Waals surface area contributed by atoms with Gasteiger partial charge in [0.2, 0.25) is 17.8 Å². The van der Waals surface area contributed by atoms with E-state index in [-0.39, 0.29) is 6.10 Å². The summed E-state index contributed by atoms with van der Waals surface area (Å²) in [5.41, 5.74) is 2.48.